The van der Waals surface area contributed by atoms with Crippen LogP contribution in [0.25, 0.3) is 6.08 Å². The Hall–Kier alpha value is -1.58. The molecule has 1 saturated heterocycles. The third kappa shape index (κ3) is 5.71. The van der Waals surface area contributed by atoms with Crippen LogP contribution < -0.4 is 9.47 Å². The number of carbonyl (C=O) groups is 2. The molecule has 152 valence electrons. The first-order valence-corrected chi connectivity index (χ1v) is 10.8. The van der Waals surface area contributed by atoms with E-state index in [1.807, 2.05) is 13.0 Å². The minimum absolute atomic E-state index is 0.164. The molecule has 1 aliphatic rings. The van der Waals surface area contributed by atoms with Gasteiger partial charge in [-0.05, 0) is 52.5 Å². The molecule has 1 aliphatic heterocycles. The molecule has 1 fully saturated rings. The van der Waals surface area contributed by atoms with Crippen LogP contribution in [0.15, 0.2) is 21.5 Å². The fraction of sp³-hybridized carbons (Fsp3) is 0.421. The maximum absolute atomic E-state index is 12.7. The van der Waals surface area contributed by atoms with Gasteiger partial charge in [0.2, 0.25) is 0 Å². The topological polar surface area (TPSA) is 65.1 Å². The number of amides is 1. The van der Waals surface area contributed by atoms with E-state index in [-0.39, 0.29) is 18.3 Å². The van der Waals surface area contributed by atoms with Crippen LogP contribution in [0.2, 0.25) is 0 Å². The molecule has 0 aliphatic carbocycles. The van der Waals surface area contributed by atoms with Crippen molar-refractivity contribution in [2.24, 2.45) is 0 Å². The lowest BCUT2D eigenvalue weighted by Gasteiger charge is -2.14. The zero-order chi connectivity index (χ0) is 20.7. The van der Waals surface area contributed by atoms with Crippen molar-refractivity contribution in [2.75, 3.05) is 27.4 Å². The summed E-state index contributed by atoms with van der Waals surface area (Å²) in [5, 5.41) is 0. The molecular formula is C19H22BrNO5S2. The number of hydrogen-bond acceptors (Lipinski definition) is 7. The third-order valence-corrected chi connectivity index (χ3v) is 5.82. The second kappa shape index (κ2) is 10.8. The lowest BCUT2D eigenvalue weighted by atomic mass is 10.2. The van der Waals surface area contributed by atoms with E-state index in [0.29, 0.717) is 40.3 Å². The molecule has 0 saturated carbocycles. The molecule has 1 aromatic rings. The Labute approximate surface area is 182 Å². The summed E-state index contributed by atoms with van der Waals surface area (Å²) in [5.74, 6) is 0.729. The van der Waals surface area contributed by atoms with Crippen molar-refractivity contribution in [1.29, 1.82) is 0 Å². The number of carbonyl (C=O) groups excluding carboxylic acids is 2. The zero-order valence-corrected chi connectivity index (χ0v) is 19.2. The predicted octanol–water partition coefficient (Wildman–Crippen LogP) is 4.40. The van der Waals surface area contributed by atoms with Crippen molar-refractivity contribution >= 4 is 62.2 Å². The second-order valence-electron chi connectivity index (χ2n) is 5.90. The summed E-state index contributed by atoms with van der Waals surface area (Å²) in [6, 6.07) is 3.64. The van der Waals surface area contributed by atoms with Crippen LogP contribution in [0, 0.1) is 0 Å². The van der Waals surface area contributed by atoms with Crippen LogP contribution in [-0.2, 0) is 14.3 Å². The zero-order valence-electron chi connectivity index (χ0n) is 16.0. The van der Waals surface area contributed by atoms with Gasteiger partial charge in [-0.2, -0.15) is 0 Å². The van der Waals surface area contributed by atoms with E-state index >= 15 is 0 Å². The maximum Gasteiger partial charge on any atom is 0.305 e. The first-order chi connectivity index (χ1) is 13.4. The Balaban J connectivity index is 2.06. The van der Waals surface area contributed by atoms with Gasteiger partial charge in [-0.3, -0.25) is 14.5 Å². The molecule has 0 spiro atoms. The van der Waals surface area contributed by atoms with Gasteiger partial charge in [-0.25, -0.2) is 0 Å². The van der Waals surface area contributed by atoms with E-state index in [9.17, 15) is 9.59 Å². The first kappa shape index (κ1) is 22.7. The average molecular weight is 488 g/mol. The molecule has 0 bridgehead atoms. The summed E-state index contributed by atoms with van der Waals surface area (Å²) in [6.45, 7) is 2.75. The SMILES string of the molecule is CCCOC(=O)CCCN1C(=O)/C(=C/c2cc(Br)c(OC)c(OC)c2)SC1=S. The largest absolute Gasteiger partial charge is 0.493 e. The van der Waals surface area contributed by atoms with Crippen LogP contribution in [0.1, 0.15) is 31.7 Å². The molecule has 1 aromatic carbocycles. The molecule has 9 heteroatoms. The van der Waals surface area contributed by atoms with Gasteiger partial charge in [0.15, 0.2) is 11.5 Å². The molecule has 0 atom stereocenters. The minimum Gasteiger partial charge on any atom is -0.493 e. The Morgan fingerprint density at radius 2 is 2.07 bits per heavy atom. The van der Waals surface area contributed by atoms with Crippen molar-refractivity contribution < 1.29 is 23.8 Å². The summed E-state index contributed by atoms with van der Waals surface area (Å²) in [6.07, 6.45) is 3.32. The highest BCUT2D eigenvalue weighted by atomic mass is 79.9. The van der Waals surface area contributed by atoms with E-state index in [0.717, 1.165) is 16.5 Å². The van der Waals surface area contributed by atoms with Gasteiger partial charge in [-0.15, -0.1) is 0 Å². The van der Waals surface area contributed by atoms with Gasteiger partial charge < -0.3 is 14.2 Å². The lowest BCUT2D eigenvalue weighted by molar-refractivity contribution is -0.144. The summed E-state index contributed by atoms with van der Waals surface area (Å²) in [5.41, 5.74) is 0.785. The van der Waals surface area contributed by atoms with Gasteiger partial charge >= 0.3 is 5.97 Å². The molecule has 0 unspecified atom stereocenters. The summed E-state index contributed by atoms with van der Waals surface area (Å²) >= 11 is 10.0. The van der Waals surface area contributed by atoms with Crippen molar-refractivity contribution in [3.05, 3.63) is 27.1 Å². The molecule has 28 heavy (non-hydrogen) atoms. The highest BCUT2D eigenvalue weighted by Crippen LogP contribution is 2.38. The number of rotatable bonds is 9. The van der Waals surface area contributed by atoms with E-state index in [4.69, 9.17) is 26.4 Å². The third-order valence-electron chi connectivity index (χ3n) is 3.86. The van der Waals surface area contributed by atoms with Gasteiger partial charge in [0.05, 0.1) is 30.2 Å². The van der Waals surface area contributed by atoms with Crippen LogP contribution in [0.4, 0.5) is 0 Å². The quantitative estimate of drug-likeness (QED) is 0.290. The first-order valence-electron chi connectivity index (χ1n) is 8.73. The highest BCUT2D eigenvalue weighted by Gasteiger charge is 2.31. The van der Waals surface area contributed by atoms with Gasteiger partial charge in [-0.1, -0.05) is 30.9 Å². The number of benzene rings is 1. The van der Waals surface area contributed by atoms with Gasteiger partial charge in [0.25, 0.3) is 5.91 Å². The van der Waals surface area contributed by atoms with Crippen molar-refractivity contribution in [3.63, 3.8) is 0 Å². The number of thiocarbonyl (C=S) groups is 1. The number of halogens is 1. The highest BCUT2D eigenvalue weighted by molar-refractivity contribution is 9.10. The number of hydrogen-bond donors (Lipinski definition) is 0. The summed E-state index contributed by atoms with van der Waals surface area (Å²) < 4.78 is 16.9. The number of esters is 1. The molecule has 2 rings (SSSR count). The van der Waals surface area contributed by atoms with Crippen LogP contribution in [-0.4, -0.2) is 48.5 Å². The molecule has 1 amide bonds. The monoisotopic (exact) mass is 487 g/mol. The molecule has 0 N–H and O–H groups in total. The van der Waals surface area contributed by atoms with Crippen LogP contribution in [0.5, 0.6) is 11.5 Å². The lowest BCUT2D eigenvalue weighted by Crippen LogP contribution is -2.29. The normalized spacial score (nSPS) is 15.3. The molecular weight excluding hydrogens is 466 g/mol. The number of methoxy groups -OCH3 is 2. The average Bonchev–Trinajstić information content (AvgIpc) is 2.93. The van der Waals surface area contributed by atoms with Crippen molar-refractivity contribution in [3.8, 4) is 11.5 Å². The second-order valence-corrected chi connectivity index (χ2v) is 8.43. The van der Waals surface area contributed by atoms with Gasteiger partial charge in [0.1, 0.15) is 4.32 Å². The molecule has 0 aromatic heterocycles. The number of thioether (sulfide) groups is 1. The van der Waals surface area contributed by atoms with Gasteiger partial charge in [0, 0.05) is 13.0 Å². The molecule has 1 heterocycles. The number of nitrogens with zero attached hydrogens (tertiary/aromatic N) is 1. The maximum atomic E-state index is 12.7. The predicted molar refractivity (Wildman–Crippen MR) is 118 cm³/mol. The fourth-order valence-electron chi connectivity index (χ4n) is 2.53. The van der Waals surface area contributed by atoms with Crippen molar-refractivity contribution in [2.45, 2.75) is 26.2 Å². The van der Waals surface area contributed by atoms with Crippen LogP contribution in [0.3, 0.4) is 0 Å². The molecule has 6 nitrogen and oxygen atoms in total. The van der Waals surface area contributed by atoms with E-state index in [1.165, 1.54) is 16.7 Å². The summed E-state index contributed by atoms with van der Waals surface area (Å²) in [7, 11) is 3.12. The van der Waals surface area contributed by atoms with Crippen molar-refractivity contribution in [1.82, 2.24) is 4.90 Å². The molecule has 0 radical (unpaired) electrons. The van der Waals surface area contributed by atoms with Crippen LogP contribution >= 0.6 is 39.9 Å². The van der Waals surface area contributed by atoms with E-state index in [2.05, 4.69) is 15.9 Å². The fourth-order valence-corrected chi connectivity index (χ4v) is 4.47. The smallest absolute Gasteiger partial charge is 0.305 e. The standard InChI is InChI=1S/C19H22BrNO5S2/c1-4-8-26-16(22)6-5-7-21-18(23)15(28-19(21)27)11-12-9-13(20)17(25-3)14(10-12)24-2/h9-11H,4-8H2,1-3H3/b15-11-. The number of ether oxygens (including phenoxy) is 3. The Morgan fingerprint density at radius 3 is 2.71 bits per heavy atom. The summed E-state index contributed by atoms with van der Waals surface area (Å²) in [4.78, 5) is 26.3. The Morgan fingerprint density at radius 1 is 1.32 bits per heavy atom. The van der Waals surface area contributed by atoms with E-state index in [1.54, 1.807) is 26.4 Å². The Kier molecular flexibility index (Phi) is 8.78. The minimum atomic E-state index is -0.252. The van der Waals surface area contributed by atoms with E-state index < -0.39 is 0 Å². The Bertz CT molecular complexity index is 797.